The molecule has 0 bridgehead atoms. The zero-order valence-electron chi connectivity index (χ0n) is 13.3. The van der Waals surface area contributed by atoms with Crippen LogP contribution in [0.25, 0.3) is 11.0 Å². The fraction of sp³-hybridized carbons (Fsp3) is 0.278. The molecule has 2 heterocycles. The predicted molar refractivity (Wildman–Crippen MR) is 86.3 cm³/mol. The number of hydrogen-bond acceptors (Lipinski definition) is 4. The number of nitrogens with one attached hydrogen (secondary N) is 1. The number of aryl methyl sites for hydroxylation is 2. The quantitative estimate of drug-likeness (QED) is 0.775. The van der Waals surface area contributed by atoms with Crippen molar-refractivity contribution in [2.75, 3.05) is 6.54 Å². The third-order valence-electron chi connectivity index (χ3n) is 4.00. The molecule has 1 amide bonds. The minimum absolute atomic E-state index is 0.0223. The first-order valence-electron chi connectivity index (χ1n) is 7.42. The van der Waals surface area contributed by atoms with E-state index in [0.717, 1.165) is 16.5 Å². The Labute approximate surface area is 133 Å². The molecule has 1 unspecified atom stereocenters. The summed E-state index contributed by atoms with van der Waals surface area (Å²) in [4.78, 5) is 12.3. The van der Waals surface area contributed by atoms with Crippen LogP contribution in [0.15, 0.2) is 45.4 Å². The number of fused-ring (bicyclic) bond motifs is 1. The molecule has 3 rings (SSSR count). The van der Waals surface area contributed by atoms with Gasteiger partial charge in [0.15, 0.2) is 5.76 Å². The summed E-state index contributed by atoms with van der Waals surface area (Å²) in [6, 6.07) is 8.97. The lowest BCUT2D eigenvalue weighted by Crippen LogP contribution is -2.38. The van der Waals surface area contributed by atoms with Gasteiger partial charge in [0.05, 0.1) is 12.8 Å². The summed E-state index contributed by atoms with van der Waals surface area (Å²) in [5, 5.41) is 13.9. The Morgan fingerprint density at radius 3 is 2.70 bits per heavy atom. The second kappa shape index (κ2) is 5.59. The summed E-state index contributed by atoms with van der Waals surface area (Å²) in [6.07, 6.45) is 1.48. The van der Waals surface area contributed by atoms with Crippen LogP contribution in [0.3, 0.4) is 0 Å². The Morgan fingerprint density at radius 2 is 2.00 bits per heavy atom. The van der Waals surface area contributed by atoms with Crippen molar-refractivity contribution in [3.63, 3.8) is 0 Å². The van der Waals surface area contributed by atoms with Gasteiger partial charge in [-0.05, 0) is 62.2 Å². The maximum absolute atomic E-state index is 12.3. The van der Waals surface area contributed by atoms with E-state index in [1.54, 1.807) is 25.1 Å². The summed E-state index contributed by atoms with van der Waals surface area (Å²) < 4.78 is 10.8. The van der Waals surface area contributed by atoms with Gasteiger partial charge in [-0.3, -0.25) is 4.79 Å². The van der Waals surface area contributed by atoms with Gasteiger partial charge in [-0.2, -0.15) is 0 Å². The number of carbonyl (C=O) groups is 1. The topological polar surface area (TPSA) is 75.6 Å². The van der Waals surface area contributed by atoms with Crippen molar-refractivity contribution in [2.24, 2.45) is 0 Å². The van der Waals surface area contributed by atoms with E-state index >= 15 is 0 Å². The molecule has 0 spiro atoms. The van der Waals surface area contributed by atoms with E-state index in [9.17, 15) is 9.90 Å². The van der Waals surface area contributed by atoms with Gasteiger partial charge in [0, 0.05) is 5.39 Å². The Kier molecular flexibility index (Phi) is 3.74. The lowest BCUT2D eigenvalue weighted by Gasteiger charge is -2.20. The van der Waals surface area contributed by atoms with Gasteiger partial charge in [-0.1, -0.05) is 0 Å². The minimum Gasteiger partial charge on any atom is -0.466 e. The van der Waals surface area contributed by atoms with Crippen molar-refractivity contribution in [2.45, 2.75) is 26.4 Å². The van der Waals surface area contributed by atoms with Gasteiger partial charge in [0.1, 0.15) is 16.9 Å². The molecular formula is C18H19NO4. The van der Waals surface area contributed by atoms with E-state index in [1.165, 1.54) is 6.26 Å². The van der Waals surface area contributed by atoms with Gasteiger partial charge in [-0.25, -0.2) is 0 Å². The Balaban J connectivity index is 1.76. The molecule has 5 heteroatoms. The first kappa shape index (κ1) is 15.4. The Hall–Kier alpha value is -2.53. The molecule has 0 aliphatic rings. The average molecular weight is 313 g/mol. The zero-order valence-corrected chi connectivity index (χ0v) is 13.3. The van der Waals surface area contributed by atoms with Crippen molar-refractivity contribution in [3.8, 4) is 0 Å². The monoisotopic (exact) mass is 313 g/mol. The predicted octanol–water partition coefficient (Wildman–Crippen LogP) is 3.28. The maximum atomic E-state index is 12.3. The summed E-state index contributed by atoms with van der Waals surface area (Å²) in [5.41, 5.74) is 1.65. The molecule has 0 radical (unpaired) electrons. The number of hydrogen-bond donors (Lipinski definition) is 2. The van der Waals surface area contributed by atoms with Gasteiger partial charge in [0.2, 0.25) is 0 Å². The van der Waals surface area contributed by atoms with E-state index in [1.807, 2.05) is 26.0 Å². The number of furan rings is 2. The molecular weight excluding hydrogens is 294 g/mol. The van der Waals surface area contributed by atoms with Crippen LogP contribution in [0.5, 0.6) is 0 Å². The van der Waals surface area contributed by atoms with E-state index < -0.39 is 5.60 Å². The number of aliphatic hydroxyl groups is 1. The number of amides is 1. The van der Waals surface area contributed by atoms with Crippen LogP contribution in [0.2, 0.25) is 0 Å². The number of benzene rings is 1. The average Bonchev–Trinajstić information content (AvgIpc) is 3.15. The van der Waals surface area contributed by atoms with Crippen LogP contribution in [0, 0.1) is 13.8 Å². The third-order valence-corrected chi connectivity index (χ3v) is 4.00. The molecule has 0 aliphatic carbocycles. The first-order valence-corrected chi connectivity index (χ1v) is 7.42. The van der Waals surface area contributed by atoms with Crippen LogP contribution in [0.4, 0.5) is 0 Å². The molecule has 0 aliphatic heterocycles. The largest absolute Gasteiger partial charge is 0.466 e. The summed E-state index contributed by atoms with van der Waals surface area (Å²) in [5.74, 6) is 0.247. The standard InChI is InChI=1S/C18H19NO4/c1-11-7-13-9-15(23-14(13)8-12(11)2)17(20)19-10-18(3,21)16-5-4-6-22-16/h4-9,21H,10H2,1-3H3,(H,19,20). The highest BCUT2D eigenvalue weighted by molar-refractivity contribution is 5.96. The first-order chi connectivity index (χ1) is 10.9. The zero-order chi connectivity index (χ0) is 16.6. The lowest BCUT2D eigenvalue weighted by atomic mass is 10.0. The molecule has 23 heavy (non-hydrogen) atoms. The lowest BCUT2D eigenvalue weighted by molar-refractivity contribution is 0.0326. The molecule has 2 N–H and O–H groups in total. The normalized spacial score (nSPS) is 13.9. The molecule has 120 valence electrons. The van der Waals surface area contributed by atoms with Gasteiger partial charge < -0.3 is 19.3 Å². The maximum Gasteiger partial charge on any atom is 0.287 e. The summed E-state index contributed by atoms with van der Waals surface area (Å²) in [7, 11) is 0. The van der Waals surface area contributed by atoms with E-state index in [0.29, 0.717) is 11.3 Å². The smallest absolute Gasteiger partial charge is 0.287 e. The van der Waals surface area contributed by atoms with Crippen molar-refractivity contribution in [1.82, 2.24) is 5.32 Å². The van der Waals surface area contributed by atoms with Gasteiger partial charge >= 0.3 is 0 Å². The minimum atomic E-state index is -1.28. The van der Waals surface area contributed by atoms with Crippen LogP contribution >= 0.6 is 0 Å². The SMILES string of the molecule is Cc1cc2cc(C(=O)NCC(C)(O)c3ccco3)oc2cc1C. The number of rotatable bonds is 4. The Morgan fingerprint density at radius 1 is 1.26 bits per heavy atom. The molecule has 1 atom stereocenters. The fourth-order valence-corrected chi connectivity index (χ4v) is 2.43. The second-order valence-electron chi connectivity index (χ2n) is 6.02. The molecule has 0 saturated carbocycles. The van der Waals surface area contributed by atoms with Gasteiger partial charge in [-0.15, -0.1) is 0 Å². The fourth-order valence-electron chi connectivity index (χ4n) is 2.43. The molecule has 5 nitrogen and oxygen atoms in total. The van der Waals surface area contributed by atoms with Crippen molar-refractivity contribution >= 4 is 16.9 Å². The van der Waals surface area contributed by atoms with Crippen LogP contribution in [0.1, 0.15) is 34.4 Å². The van der Waals surface area contributed by atoms with Crippen molar-refractivity contribution < 1.29 is 18.7 Å². The third kappa shape index (κ3) is 3.00. The second-order valence-corrected chi connectivity index (χ2v) is 6.02. The molecule has 2 aromatic heterocycles. The van der Waals surface area contributed by atoms with Crippen molar-refractivity contribution in [1.29, 1.82) is 0 Å². The highest BCUT2D eigenvalue weighted by atomic mass is 16.4. The number of carbonyl (C=O) groups excluding carboxylic acids is 1. The summed E-state index contributed by atoms with van der Waals surface area (Å²) >= 11 is 0. The molecule has 3 aromatic rings. The van der Waals surface area contributed by atoms with E-state index in [4.69, 9.17) is 8.83 Å². The molecule has 1 aromatic carbocycles. The highest BCUT2D eigenvalue weighted by Gasteiger charge is 2.27. The van der Waals surface area contributed by atoms with Crippen molar-refractivity contribution in [3.05, 3.63) is 59.2 Å². The molecule has 0 fully saturated rings. The Bertz CT molecular complexity index is 804. The van der Waals surface area contributed by atoms with Crippen LogP contribution < -0.4 is 5.32 Å². The van der Waals surface area contributed by atoms with Gasteiger partial charge in [0.25, 0.3) is 5.91 Å². The van der Waals surface area contributed by atoms with E-state index in [2.05, 4.69) is 5.32 Å². The molecule has 0 saturated heterocycles. The highest BCUT2D eigenvalue weighted by Crippen LogP contribution is 2.24. The van der Waals surface area contributed by atoms with Crippen LogP contribution in [-0.2, 0) is 5.60 Å². The van der Waals surface area contributed by atoms with Crippen LogP contribution in [-0.4, -0.2) is 17.6 Å². The van der Waals surface area contributed by atoms with E-state index in [-0.39, 0.29) is 18.2 Å². The summed E-state index contributed by atoms with van der Waals surface area (Å²) in [6.45, 7) is 5.62.